The van der Waals surface area contributed by atoms with E-state index in [0.29, 0.717) is 32.3 Å². The van der Waals surface area contributed by atoms with Crippen molar-refractivity contribution in [2.24, 2.45) is 5.10 Å². The lowest BCUT2D eigenvalue weighted by atomic mass is 10.1. The van der Waals surface area contributed by atoms with Crippen LogP contribution in [0.4, 0.5) is 11.4 Å². The highest BCUT2D eigenvalue weighted by atomic mass is 79.9. The van der Waals surface area contributed by atoms with Gasteiger partial charge in [-0.3, -0.25) is 25.0 Å². The Balaban J connectivity index is 1.49. The van der Waals surface area contributed by atoms with Gasteiger partial charge in [0, 0.05) is 28.2 Å². The van der Waals surface area contributed by atoms with E-state index in [9.17, 15) is 25.0 Å². The molecule has 0 fully saturated rings. The maximum atomic E-state index is 13.7. The second kappa shape index (κ2) is 12.0. The summed E-state index contributed by atoms with van der Waals surface area (Å²) in [5.41, 5.74) is 0.438. The minimum absolute atomic E-state index is 0.0803. The van der Waals surface area contributed by atoms with Gasteiger partial charge in [-0.15, -0.1) is 0 Å². The number of nitro benzene ring substituents is 2. The summed E-state index contributed by atoms with van der Waals surface area (Å²) >= 11 is 3.29. The molecule has 6 rings (SSSR count). The number of halogens is 1. The van der Waals surface area contributed by atoms with Crippen LogP contribution < -0.4 is 15.0 Å². The number of rotatable bonds is 9. The van der Waals surface area contributed by atoms with Crippen LogP contribution in [-0.4, -0.2) is 32.8 Å². The molecule has 0 aliphatic heterocycles. The summed E-state index contributed by atoms with van der Waals surface area (Å²) < 4.78 is 18.8. The SMILES string of the molecule is COc1cccc2oc(-c3nc4ccccc4c(=O)n3N=Cc3cc(Br)cc([N+](=O)[O-])c3OCc3cccc([N+](=O)[O-])c3)cc12. The van der Waals surface area contributed by atoms with Gasteiger partial charge in [0.2, 0.25) is 11.6 Å². The van der Waals surface area contributed by atoms with E-state index < -0.39 is 15.4 Å². The summed E-state index contributed by atoms with van der Waals surface area (Å²) in [6, 6.07) is 22.2. The van der Waals surface area contributed by atoms with Gasteiger partial charge < -0.3 is 13.9 Å². The van der Waals surface area contributed by atoms with E-state index in [1.54, 1.807) is 54.6 Å². The first-order valence-electron chi connectivity index (χ1n) is 13.2. The Bertz CT molecular complexity index is 2230. The molecule has 2 aromatic heterocycles. The predicted molar refractivity (Wildman–Crippen MR) is 169 cm³/mol. The summed E-state index contributed by atoms with van der Waals surface area (Å²) in [6.07, 6.45) is 1.24. The molecule has 45 heavy (non-hydrogen) atoms. The van der Waals surface area contributed by atoms with Crippen LogP contribution in [0, 0.1) is 20.2 Å². The van der Waals surface area contributed by atoms with Gasteiger partial charge in [0.15, 0.2) is 5.76 Å². The Morgan fingerprint density at radius 2 is 1.78 bits per heavy atom. The summed E-state index contributed by atoms with van der Waals surface area (Å²) in [4.78, 5) is 40.5. The molecule has 224 valence electrons. The number of hydrogen-bond donors (Lipinski definition) is 0. The van der Waals surface area contributed by atoms with Crippen LogP contribution in [0.15, 0.2) is 104 Å². The molecular formula is C31H20BrN5O8. The van der Waals surface area contributed by atoms with E-state index in [-0.39, 0.29) is 46.3 Å². The molecule has 0 unspecified atom stereocenters. The van der Waals surface area contributed by atoms with Crippen LogP contribution in [0.5, 0.6) is 11.5 Å². The molecule has 0 aliphatic rings. The molecule has 0 saturated carbocycles. The lowest BCUT2D eigenvalue weighted by Crippen LogP contribution is -2.20. The zero-order chi connectivity index (χ0) is 31.7. The van der Waals surface area contributed by atoms with Gasteiger partial charge in [-0.05, 0) is 42.0 Å². The Hall–Kier alpha value is -5.89. The standard InChI is InChI=1S/C31H20BrN5O8/c1-43-26-10-5-11-27-23(26)15-28(45-27)30-34-24-9-3-2-8-22(24)31(38)35(30)33-16-19-13-20(32)14-25(37(41)42)29(19)44-17-18-6-4-7-21(12-18)36(39)40/h2-16H,17H2,1H3. The monoisotopic (exact) mass is 669 g/mol. The molecular weight excluding hydrogens is 650 g/mol. The fourth-order valence-corrected chi connectivity index (χ4v) is 5.20. The van der Waals surface area contributed by atoms with Gasteiger partial charge in [0.25, 0.3) is 11.2 Å². The van der Waals surface area contributed by atoms with Crippen molar-refractivity contribution in [3.8, 4) is 23.1 Å². The normalized spacial score (nSPS) is 11.3. The molecule has 13 nitrogen and oxygen atoms in total. The first kappa shape index (κ1) is 29.2. The number of furan rings is 1. The lowest BCUT2D eigenvalue weighted by Gasteiger charge is -2.11. The number of nitro groups is 2. The van der Waals surface area contributed by atoms with Gasteiger partial charge in [0.05, 0.1) is 39.5 Å². The first-order chi connectivity index (χ1) is 21.7. The number of non-ortho nitro benzene ring substituents is 1. The largest absolute Gasteiger partial charge is 0.496 e. The van der Waals surface area contributed by atoms with Crippen LogP contribution in [0.25, 0.3) is 33.5 Å². The van der Waals surface area contributed by atoms with E-state index in [1.165, 1.54) is 43.7 Å². The molecule has 0 bridgehead atoms. The van der Waals surface area contributed by atoms with E-state index >= 15 is 0 Å². The topological polar surface area (TPSA) is 165 Å². The quantitative estimate of drug-likeness (QED) is 0.0908. The third-order valence-corrected chi connectivity index (χ3v) is 7.25. The molecule has 0 amide bonds. The van der Waals surface area contributed by atoms with Gasteiger partial charge in [-0.2, -0.15) is 9.78 Å². The zero-order valence-corrected chi connectivity index (χ0v) is 24.8. The van der Waals surface area contributed by atoms with E-state index in [1.807, 2.05) is 0 Å². The molecule has 14 heteroatoms. The second-order valence-corrected chi connectivity index (χ2v) is 10.5. The first-order valence-corrected chi connectivity index (χ1v) is 14.0. The van der Waals surface area contributed by atoms with Crippen molar-refractivity contribution < 1.29 is 23.7 Å². The third kappa shape index (κ3) is 5.73. The zero-order valence-electron chi connectivity index (χ0n) is 23.2. The Morgan fingerprint density at radius 1 is 0.978 bits per heavy atom. The molecule has 0 spiro atoms. The maximum absolute atomic E-state index is 13.7. The molecule has 0 radical (unpaired) electrons. The van der Waals surface area contributed by atoms with Crippen LogP contribution >= 0.6 is 15.9 Å². The molecule has 0 saturated heterocycles. The molecule has 4 aromatic carbocycles. The van der Waals surface area contributed by atoms with E-state index in [2.05, 4.69) is 26.0 Å². The fourth-order valence-electron chi connectivity index (χ4n) is 4.74. The van der Waals surface area contributed by atoms with Gasteiger partial charge in [0.1, 0.15) is 17.9 Å². The number of methoxy groups -OCH3 is 1. The highest BCUT2D eigenvalue weighted by molar-refractivity contribution is 9.10. The highest BCUT2D eigenvalue weighted by Crippen LogP contribution is 2.36. The van der Waals surface area contributed by atoms with E-state index in [0.717, 1.165) is 4.68 Å². The number of ether oxygens (including phenoxy) is 2. The summed E-state index contributed by atoms with van der Waals surface area (Å²) in [5.74, 6) is 0.719. The van der Waals surface area contributed by atoms with Crippen molar-refractivity contribution in [1.82, 2.24) is 9.66 Å². The van der Waals surface area contributed by atoms with Crippen molar-refractivity contribution in [3.63, 3.8) is 0 Å². The van der Waals surface area contributed by atoms with Crippen LogP contribution in [-0.2, 0) is 6.61 Å². The van der Waals surface area contributed by atoms with Crippen molar-refractivity contribution in [2.75, 3.05) is 7.11 Å². The number of fused-ring (bicyclic) bond motifs is 2. The number of para-hydroxylation sites is 1. The Kier molecular flexibility index (Phi) is 7.79. The summed E-state index contributed by atoms with van der Waals surface area (Å²) in [7, 11) is 1.53. The highest BCUT2D eigenvalue weighted by Gasteiger charge is 2.22. The average Bonchev–Trinajstić information content (AvgIpc) is 3.48. The van der Waals surface area contributed by atoms with Crippen LogP contribution in [0.2, 0.25) is 0 Å². The third-order valence-electron chi connectivity index (χ3n) is 6.79. The fraction of sp³-hybridized carbons (Fsp3) is 0.0645. The summed E-state index contributed by atoms with van der Waals surface area (Å²) in [5, 5.41) is 28.6. The minimum Gasteiger partial charge on any atom is -0.496 e. The van der Waals surface area contributed by atoms with Gasteiger partial charge in [-0.1, -0.05) is 46.3 Å². The van der Waals surface area contributed by atoms with Gasteiger partial charge >= 0.3 is 5.69 Å². The molecule has 0 atom stereocenters. The smallest absolute Gasteiger partial charge is 0.312 e. The molecule has 0 aliphatic carbocycles. The lowest BCUT2D eigenvalue weighted by molar-refractivity contribution is -0.386. The van der Waals surface area contributed by atoms with Crippen molar-refractivity contribution in [1.29, 1.82) is 0 Å². The molecule has 0 N–H and O–H groups in total. The summed E-state index contributed by atoms with van der Waals surface area (Å²) in [6.45, 7) is -0.214. The van der Waals surface area contributed by atoms with Crippen molar-refractivity contribution in [2.45, 2.75) is 6.61 Å². The maximum Gasteiger partial charge on any atom is 0.312 e. The number of hydrogen-bond acceptors (Lipinski definition) is 10. The Morgan fingerprint density at radius 3 is 2.56 bits per heavy atom. The van der Waals surface area contributed by atoms with E-state index in [4.69, 9.17) is 13.9 Å². The molecule has 2 heterocycles. The number of benzene rings is 4. The minimum atomic E-state index is -0.623. The van der Waals surface area contributed by atoms with Crippen LogP contribution in [0.1, 0.15) is 11.1 Å². The Labute approximate surface area is 261 Å². The van der Waals surface area contributed by atoms with Gasteiger partial charge in [-0.25, -0.2) is 4.98 Å². The van der Waals surface area contributed by atoms with Crippen LogP contribution in [0.3, 0.4) is 0 Å². The van der Waals surface area contributed by atoms with Crippen molar-refractivity contribution in [3.05, 3.63) is 131 Å². The second-order valence-electron chi connectivity index (χ2n) is 9.61. The molecule has 6 aromatic rings. The predicted octanol–water partition coefficient (Wildman–Crippen LogP) is 6.86. The number of aromatic nitrogens is 2. The number of nitrogens with zero attached hydrogens (tertiary/aromatic N) is 5. The van der Waals surface area contributed by atoms with Crippen molar-refractivity contribution >= 4 is 55.4 Å². The average molecular weight is 670 g/mol.